The lowest BCUT2D eigenvalue weighted by molar-refractivity contribution is -0.117. The third-order valence-electron chi connectivity index (χ3n) is 6.65. The molecule has 1 aliphatic rings. The molecule has 0 fully saturated rings. The monoisotopic (exact) mass is 548 g/mol. The predicted octanol–water partition coefficient (Wildman–Crippen LogP) is 4.31. The van der Waals surface area contributed by atoms with Crippen molar-refractivity contribution in [3.05, 3.63) is 121 Å². The van der Waals surface area contributed by atoms with Crippen LogP contribution in [0.1, 0.15) is 16.1 Å². The average molecular weight is 549 g/mol. The number of carbonyl (C=O) groups excluding carboxylic acids is 2. The highest BCUT2D eigenvalue weighted by Crippen LogP contribution is 2.37. The lowest BCUT2D eigenvalue weighted by Gasteiger charge is -2.38. The van der Waals surface area contributed by atoms with Gasteiger partial charge in [-0.2, -0.15) is 0 Å². The Morgan fingerprint density at radius 2 is 1.83 bits per heavy atom. The molecule has 0 saturated carbocycles. The number of aromatic nitrogens is 2. The number of para-hydroxylation sites is 1. The molecule has 41 heavy (non-hydrogen) atoms. The van der Waals surface area contributed by atoms with Crippen LogP contribution in [0.15, 0.2) is 110 Å². The Morgan fingerprint density at radius 3 is 2.61 bits per heavy atom. The molecule has 0 atom stereocenters. The van der Waals surface area contributed by atoms with Gasteiger partial charge in [0.1, 0.15) is 18.9 Å². The Labute approximate surface area is 239 Å². The van der Waals surface area contributed by atoms with Crippen LogP contribution in [0.2, 0.25) is 0 Å². The second-order valence-electron chi connectivity index (χ2n) is 9.51. The second kappa shape index (κ2) is 13.4. The molecule has 0 saturated heterocycles. The minimum absolute atomic E-state index is 0.0332. The molecule has 2 amide bonds. The molecule has 1 aliphatic heterocycles. The van der Waals surface area contributed by atoms with E-state index in [1.807, 2.05) is 65.6 Å². The molecule has 208 valence electrons. The van der Waals surface area contributed by atoms with Gasteiger partial charge in [0.15, 0.2) is 0 Å². The molecule has 0 bridgehead atoms. The van der Waals surface area contributed by atoms with Crippen molar-refractivity contribution >= 4 is 28.9 Å². The van der Waals surface area contributed by atoms with Gasteiger partial charge in [0.2, 0.25) is 5.91 Å². The summed E-state index contributed by atoms with van der Waals surface area (Å²) in [5.74, 6) is 0.520. The van der Waals surface area contributed by atoms with E-state index >= 15 is 0 Å². The van der Waals surface area contributed by atoms with Crippen LogP contribution >= 0.6 is 0 Å². The molecule has 0 unspecified atom stereocenters. The summed E-state index contributed by atoms with van der Waals surface area (Å²) < 4.78 is 5.76. The van der Waals surface area contributed by atoms with E-state index in [2.05, 4.69) is 27.2 Å². The fraction of sp³-hybridized carbons (Fsp3) is 0.188. The molecule has 4 aromatic rings. The maximum Gasteiger partial charge on any atom is 0.257 e. The smallest absolute Gasteiger partial charge is 0.257 e. The normalized spacial score (nSPS) is 12.5. The molecular formula is C32H32N6O3. The predicted molar refractivity (Wildman–Crippen MR) is 160 cm³/mol. The van der Waals surface area contributed by atoms with Gasteiger partial charge in [0, 0.05) is 61.7 Å². The van der Waals surface area contributed by atoms with Crippen molar-refractivity contribution in [1.82, 2.24) is 15.3 Å². The number of carbonyl (C=O) groups is 2. The number of amides is 2. The zero-order valence-corrected chi connectivity index (χ0v) is 22.7. The van der Waals surface area contributed by atoms with E-state index in [1.54, 1.807) is 35.5 Å². The van der Waals surface area contributed by atoms with Crippen molar-refractivity contribution in [2.24, 2.45) is 0 Å². The van der Waals surface area contributed by atoms with Crippen LogP contribution in [0.25, 0.3) is 0 Å². The van der Waals surface area contributed by atoms with E-state index in [9.17, 15) is 9.59 Å². The third kappa shape index (κ3) is 7.14. The maximum atomic E-state index is 13.4. The van der Waals surface area contributed by atoms with Gasteiger partial charge in [0.05, 0.1) is 16.9 Å². The van der Waals surface area contributed by atoms with Crippen molar-refractivity contribution in [2.75, 3.05) is 47.9 Å². The summed E-state index contributed by atoms with van der Waals surface area (Å²) in [5.41, 5.74) is 4.27. The van der Waals surface area contributed by atoms with E-state index in [0.717, 1.165) is 28.5 Å². The topological polar surface area (TPSA) is 99.7 Å². The highest BCUT2D eigenvalue weighted by molar-refractivity contribution is 6.07. The SMILES string of the molecule is C=C(CNCCOc1ccccc1)N1CC(=O)N(CCc2ccccn2)c2ccc(NC(=O)c3cccnc3)cc21. The van der Waals surface area contributed by atoms with Crippen LogP contribution in [0.3, 0.4) is 0 Å². The number of fused-ring (bicyclic) bond motifs is 1. The number of benzene rings is 2. The number of rotatable bonds is 12. The number of nitrogens with one attached hydrogen (secondary N) is 2. The first-order chi connectivity index (χ1) is 20.1. The largest absolute Gasteiger partial charge is 0.492 e. The van der Waals surface area contributed by atoms with Gasteiger partial charge in [-0.25, -0.2) is 0 Å². The molecule has 2 aromatic heterocycles. The average Bonchev–Trinajstić information content (AvgIpc) is 3.01. The quantitative estimate of drug-likeness (QED) is 0.255. The standard InChI is InChI=1S/C32H32N6O3/c1-24(21-34-17-19-41-28-10-3-2-4-11-28)38-23-31(39)37(18-14-26-9-5-6-16-35-26)29-13-12-27(20-30(29)38)36-32(40)25-8-7-15-33-22-25/h2-13,15-16,20,22,34H,1,14,17-19,21,23H2,(H,36,40). The Balaban J connectivity index is 1.31. The summed E-state index contributed by atoms with van der Waals surface area (Å²) >= 11 is 0. The first-order valence-corrected chi connectivity index (χ1v) is 13.5. The highest BCUT2D eigenvalue weighted by Gasteiger charge is 2.30. The van der Waals surface area contributed by atoms with Gasteiger partial charge >= 0.3 is 0 Å². The second-order valence-corrected chi connectivity index (χ2v) is 9.51. The van der Waals surface area contributed by atoms with Crippen LogP contribution in [-0.2, 0) is 11.2 Å². The highest BCUT2D eigenvalue weighted by atomic mass is 16.5. The first-order valence-electron chi connectivity index (χ1n) is 13.5. The number of nitrogens with zero attached hydrogens (tertiary/aromatic N) is 4. The van der Waals surface area contributed by atoms with Gasteiger partial charge in [-0.15, -0.1) is 0 Å². The fourth-order valence-corrected chi connectivity index (χ4v) is 4.57. The molecule has 2 N–H and O–H groups in total. The minimum atomic E-state index is -0.262. The van der Waals surface area contributed by atoms with E-state index in [4.69, 9.17) is 4.74 Å². The summed E-state index contributed by atoms with van der Waals surface area (Å²) in [5, 5.41) is 6.29. The number of pyridine rings is 2. The summed E-state index contributed by atoms with van der Waals surface area (Å²) in [6.07, 6.45) is 5.52. The lowest BCUT2D eigenvalue weighted by Crippen LogP contribution is -2.47. The van der Waals surface area contributed by atoms with Crippen LogP contribution in [0.5, 0.6) is 5.75 Å². The molecule has 0 aliphatic carbocycles. The van der Waals surface area contributed by atoms with Crippen LogP contribution in [-0.4, -0.2) is 54.6 Å². The van der Waals surface area contributed by atoms with Gasteiger partial charge in [0.25, 0.3) is 5.91 Å². The maximum absolute atomic E-state index is 13.4. The number of hydrogen-bond acceptors (Lipinski definition) is 7. The van der Waals surface area contributed by atoms with E-state index in [0.29, 0.717) is 43.9 Å². The molecule has 0 radical (unpaired) electrons. The molecule has 0 spiro atoms. The van der Waals surface area contributed by atoms with E-state index in [1.165, 1.54) is 6.20 Å². The third-order valence-corrected chi connectivity index (χ3v) is 6.65. The van der Waals surface area contributed by atoms with Crippen LogP contribution in [0.4, 0.5) is 17.1 Å². The van der Waals surface area contributed by atoms with Crippen molar-refractivity contribution in [1.29, 1.82) is 0 Å². The van der Waals surface area contributed by atoms with Crippen molar-refractivity contribution in [3.8, 4) is 5.75 Å². The molecule has 2 aromatic carbocycles. The summed E-state index contributed by atoms with van der Waals surface area (Å²) in [7, 11) is 0. The Morgan fingerprint density at radius 1 is 0.976 bits per heavy atom. The van der Waals surface area contributed by atoms with Crippen molar-refractivity contribution in [3.63, 3.8) is 0 Å². The first kappa shape index (κ1) is 27.5. The van der Waals surface area contributed by atoms with E-state index < -0.39 is 0 Å². The number of hydrogen-bond donors (Lipinski definition) is 2. The van der Waals surface area contributed by atoms with E-state index in [-0.39, 0.29) is 18.4 Å². The lowest BCUT2D eigenvalue weighted by atomic mass is 10.1. The Bertz CT molecular complexity index is 1480. The summed E-state index contributed by atoms with van der Waals surface area (Å²) in [6.45, 7) is 6.46. The van der Waals surface area contributed by atoms with Crippen molar-refractivity contribution < 1.29 is 14.3 Å². The fourth-order valence-electron chi connectivity index (χ4n) is 4.57. The molecule has 3 heterocycles. The summed E-state index contributed by atoms with van der Waals surface area (Å²) in [4.78, 5) is 38.3. The van der Waals surface area contributed by atoms with Crippen molar-refractivity contribution in [2.45, 2.75) is 6.42 Å². The van der Waals surface area contributed by atoms with Crippen LogP contribution in [0, 0.1) is 0 Å². The van der Waals surface area contributed by atoms with Gasteiger partial charge < -0.3 is 25.2 Å². The van der Waals surface area contributed by atoms with Crippen LogP contribution < -0.4 is 25.2 Å². The molecular weight excluding hydrogens is 516 g/mol. The Hall–Kier alpha value is -5.02. The van der Waals surface area contributed by atoms with Gasteiger partial charge in [-0.3, -0.25) is 19.6 Å². The minimum Gasteiger partial charge on any atom is -0.492 e. The number of anilines is 3. The molecule has 5 rings (SSSR count). The summed E-state index contributed by atoms with van der Waals surface area (Å²) in [6, 6.07) is 24.4. The zero-order valence-electron chi connectivity index (χ0n) is 22.7. The Kier molecular flexibility index (Phi) is 8.98. The number of ether oxygens (including phenoxy) is 1. The molecule has 9 nitrogen and oxygen atoms in total. The zero-order chi connectivity index (χ0) is 28.4. The van der Waals surface area contributed by atoms with Gasteiger partial charge in [-0.1, -0.05) is 30.8 Å². The molecule has 9 heteroatoms. The van der Waals surface area contributed by atoms with Gasteiger partial charge in [-0.05, 0) is 54.6 Å².